The monoisotopic (exact) mass is 476 g/mol. The highest BCUT2D eigenvalue weighted by molar-refractivity contribution is 7.99. The van der Waals surface area contributed by atoms with Crippen LogP contribution in [0.2, 0.25) is 0 Å². The van der Waals surface area contributed by atoms with Crippen molar-refractivity contribution in [2.24, 2.45) is 5.73 Å². The molecule has 0 unspecified atom stereocenters. The van der Waals surface area contributed by atoms with Crippen molar-refractivity contribution in [3.63, 3.8) is 0 Å². The van der Waals surface area contributed by atoms with Gasteiger partial charge >= 0.3 is 5.97 Å². The highest BCUT2D eigenvalue weighted by atomic mass is 32.2. The van der Waals surface area contributed by atoms with Gasteiger partial charge in [0.05, 0.1) is 29.4 Å². The molecule has 1 aliphatic carbocycles. The summed E-state index contributed by atoms with van der Waals surface area (Å²) in [5.41, 5.74) is 9.24. The molecule has 0 bridgehead atoms. The largest absolute Gasteiger partial charge is 0.463 e. The van der Waals surface area contributed by atoms with Gasteiger partial charge in [0, 0.05) is 5.69 Å². The van der Waals surface area contributed by atoms with Gasteiger partial charge in [-0.2, -0.15) is 10.5 Å². The molecule has 0 spiro atoms. The van der Waals surface area contributed by atoms with Crippen LogP contribution in [0, 0.1) is 28.5 Å². The topological polar surface area (TPSA) is 122 Å². The minimum absolute atomic E-state index is 0.0387. The standard InChI is InChI=1S/C25H21FN4O3S/c1-2-32-25(31)22-20(13-34-24-16(11-27)10-15-4-3-5-19(15)30-24)33-23(29)18(12-28)21(22)14-6-8-17(26)9-7-14/h6-10,21H,2-5,13,29H2,1H3/t21-/m0/s1. The van der Waals surface area contributed by atoms with Gasteiger partial charge in [0.2, 0.25) is 5.88 Å². The Morgan fingerprint density at radius 3 is 2.74 bits per heavy atom. The van der Waals surface area contributed by atoms with Crippen molar-refractivity contribution in [2.45, 2.75) is 37.1 Å². The van der Waals surface area contributed by atoms with Crippen LogP contribution >= 0.6 is 11.8 Å². The van der Waals surface area contributed by atoms with Crippen LogP contribution in [0.4, 0.5) is 4.39 Å². The number of fused-ring (bicyclic) bond motifs is 1. The van der Waals surface area contributed by atoms with E-state index in [4.69, 9.17) is 15.2 Å². The number of nitriles is 2. The maximum absolute atomic E-state index is 13.6. The van der Waals surface area contributed by atoms with Crippen LogP contribution in [0.25, 0.3) is 0 Å². The molecule has 0 amide bonds. The van der Waals surface area contributed by atoms with Crippen molar-refractivity contribution >= 4 is 17.7 Å². The van der Waals surface area contributed by atoms with E-state index in [2.05, 4.69) is 11.1 Å². The number of carbonyl (C=O) groups excluding carboxylic acids is 1. The number of nitrogens with zero attached hydrogens (tertiary/aromatic N) is 3. The zero-order valence-electron chi connectivity index (χ0n) is 18.4. The summed E-state index contributed by atoms with van der Waals surface area (Å²) in [6.07, 6.45) is 2.76. The van der Waals surface area contributed by atoms with Crippen molar-refractivity contribution in [2.75, 3.05) is 12.4 Å². The van der Waals surface area contributed by atoms with E-state index >= 15 is 0 Å². The molecule has 2 N–H and O–H groups in total. The fraction of sp³-hybridized carbons (Fsp3) is 0.280. The highest BCUT2D eigenvalue weighted by Gasteiger charge is 2.37. The number of pyridine rings is 1. The van der Waals surface area contributed by atoms with Gasteiger partial charge < -0.3 is 15.2 Å². The third-order valence-electron chi connectivity index (χ3n) is 5.67. The second-order valence-electron chi connectivity index (χ2n) is 7.73. The number of carbonyl (C=O) groups is 1. The van der Waals surface area contributed by atoms with Crippen molar-refractivity contribution in [3.05, 3.63) is 81.3 Å². The van der Waals surface area contributed by atoms with Crippen LogP contribution in [0.1, 0.15) is 41.6 Å². The Bertz CT molecular complexity index is 1290. The molecular formula is C25H21FN4O3S. The van der Waals surface area contributed by atoms with E-state index in [0.717, 1.165) is 30.5 Å². The smallest absolute Gasteiger partial charge is 0.338 e. The number of aromatic nitrogens is 1. The van der Waals surface area contributed by atoms with Crippen LogP contribution in [-0.4, -0.2) is 23.3 Å². The van der Waals surface area contributed by atoms with Crippen molar-refractivity contribution in [1.82, 2.24) is 4.98 Å². The molecule has 1 aliphatic heterocycles. The lowest BCUT2D eigenvalue weighted by atomic mass is 9.83. The number of benzene rings is 1. The molecule has 0 saturated heterocycles. The lowest BCUT2D eigenvalue weighted by Crippen LogP contribution is -2.27. The Hall–Kier alpha value is -3.82. The summed E-state index contributed by atoms with van der Waals surface area (Å²) in [5.74, 6) is -1.78. The maximum Gasteiger partial charge on any atom is 0.338 e. The van der Waals surface area contributed by atoms with Crippen LogP contribution in [0.5, 0.6) is 0 Å². The summed E-state index contributed by atoms with van der Waals surface area (Å²) in [5, 5.41) is 19.9. The zero-order valence-corrected chi connectivity index (χ0v) is 19.2. The number of hydrogen-bond acceptors (Lipinski definition) is 8. The Balaban J connectivity index is 1.76. The normalized spacial score (nSPS) is 17.0. The molecule has 1 atom stereocenters. The van der Waals surface area contributed by atoms with Gasteiger partial charge in [0.25, 0.3) is 0 Å². The number of rotatable bonds is 6. The predicted octanol–water partition coefficient (Wildman–Crippen LogP) is 4.00. The summed E-state index contributed by atoms with van der Waals surface area (Å²) in [7, 11) is 0. The number of aryl methyl sites for hydroxylation is 2. The number of nitrogens with two attached hydrogens (primary N) is 1. The predicted molar refractivity (Wildman–Crippen MR) is 122 cm³/mol. The van der Waals surface area contributed by atoms with Gasteiger partial charge in [-0.05, 0) is 55.5 Å². The molecule has 34 heavy (non-hydrogen) atoms. The Morgan fingerprint density at radius 1 is 1.29 bits per heavy atom. The fourth-order valence-electron chi connectivity index (χ4n) is 4.12. The first-order valence-corrected chi connectivity index (χ1v) is 11.7. The number of ether oxygens (including phenoxy) is 2. The average molecular weight is 477 g/mol. The molecular weight excluding hydrogens is 455 g/mol. The molecule has 4 rings (SSSR count). The summed E-state index contributed by atoms with van der Waals surface area (Å²) in [4.78, 5) is 17.7. The second-order valence-corrected chi connectivity index (χ2v) is 8.70. The SMILES string of the molecule is CCOC(=O)C1=C(CSc2nc3c(cc2C#N)CCC3)OC(N)=C(C#N)[C@@H]1c1ccc(F)cc1. The number of thioether (sulfide) groups is 1. The molecule has 0 radical (unpaired) electrons. The minimum Gasteiger partial charge on any atom is -0.463 e. The van der Waals surface area contributed by atoms with E-state index in [-0.39, 0.29) is 35.1 Å². The lowest BCUT2D eigenvalue weighted by molar-refractivity contribution is -0.139. The Labute approximate surface area is 200 Å². The first-order chi connectivity index (χ1) is 16.5. The molecule has 7 nitrogen and oxygen atoms in total. The fourth-order valence-corrected chi connectivity index (χ4v) is 5.04. The minimum atomic E-state index is -0.877. The van der Waals surface area contributed by atoms with Crippen LogP contribution in [0.3, 0.4) is 0 Å². The molecule has 9 heteroatoms. The Kier molecular flexibility index (Phi) is 6.85. The van der Waals surface area contributed by atoms with E-state index in [1.54, 1.807) is 6.92 Å². The van der Waals surface area contributed by atoms with Crippen LogP contribution in [0.15, 0.2) is 58.1 Å². The van der Waals surface area contributed by atoms with Crippen LogP contribution < -0.4 is 5.73 Å². The summed E-state index contributed by atoms with van der Waals surface area (Å²) in [6.45, 7) is 1.79. The van der Waals surface area contributed by atoms with E-state index in [1.807, 2.05) is 12.1 Å². The summed E-state index contributed by atoms with van der Waals surface area (Å²) < 4.78 is 24.6. The average Bonchev–Trinajstić information content (AvgIpc) is 3.29. The summed E-state index contributed by atoms with van der Waals surface area (Å²) >= 11 is 1.25. The first kappa shape index (κ1) is 23.3. The van der Waals surface area contributed by atoms with Gasteiger partial charge in [-0.25, -0.2) is 14.2 Å². The number of halogens is 1. The van der Waals surface area contributed by atoms with Crippen LogP contribution in [-0.2, 0) is 27.1 Å². The number of allylic oxidation sites excluding steroid dienone is 1. The van der Waals surface area contributed by atoms with E-state index in [0.29, 0.717) is 16.2 Å². The highest BCUT2D eigenvalue weighted by Crippen LogP contribution is 2.41. The molecule has 172 valence electrons. The quantitative estimate of drug-likeness (QED) is 0.490. The molecule has 1 aromatic heterocycles. The Morgan fingerprint density at radius 2 is 2.06 bits per heavy atom. The maximum atomic E-state index is 13.6. The zero-order chi connectivity index (χ0) is 24.2. The second kappa shape index (κ2) is 9.98. The molecule has 2 aromatic rings. The molecule has 0 fully saturated rings. The van der Waals surface area contributed by atoms with E-state index < -0.39 is 17.7 Å². The number of esters is 1. The number of hydrogen-bond donors (Lipinski definition) is 1. The third-order valence-corrected chi connectivity index (χ3v) is 6.66. The molecule has 2 heterocycles. The van der Waals surface area contributed by atoms with E-state index in [9.17, 15) is 19.7 Å². The van der Waals surface area contributed by atoms with Gasteiger partial charge in [0.15, 0.2) is 0 Å². The third kappa shape index (κ3) is 4.48. The lowest BCUT2D eigenvalue weighted by Gasteiger charge is -2.28. The molecule has 1 aromatic carbocycles. The van der Waals surface area contributed by atoms with Gasteiger partial charge in [-0.1, -0.05) is 23.9 Å². The first-order valence-electron chi connectivity index (χ1n) is 10.8. The molecule has 2 aliphatic rings. The molecule has 0 saturated carbocycles. The van der Waals surface area contributed by atoms with E-state index in [1.165, 1.54) is 36.0 Å². The van der Waals surface area contributed by atoms with Crippen molar-refractivity contribution < 1.29 is 18.7 Å². The van der Waals surface area contributed by atoms with Gasteiger partial charge in [-0.15, -0.1) is 0 Å². The van der Waals surface area contributed by atoms with Crippen molar-refractivity contribution in [1.29, 1.82) is 10.5 Å². The van der Waals surface area contributed by atoms with Crippen molar-refractivity contribution in [3.8, 4) is 12.1 Å². The summed E-state index contributed by atoms with van der Waals surface area (Å²) in [6, 6.07) is 11.6. The van der Waals surface area contributed by atoms with Gasteiger partial charge in [-0.3, -0.25) is 0 Å². The van der Waals surface area contributed by atoms with Gasteiger partial charge in [0.1, 0.15) is 34.3 Å².